The Hall–Kier alpha value is -3.34. The second kappa shape index (κ2) is 7.50. The summed E-state index contributed by atoms with van der Waals surface area (Å²) in [6, 6.07) is 18.4. The molecule has 0 aliphatic carbocycles. The third-order valence-corrected chi connectivity index (χ3v) is 4.79. The predicted octanol–water partition coefficient (Wildman–Crippen LogP) is 3.97. The molecule has 1 aliphatic heterocycles. The van der Waals surface area contributed by atoms with E-state index in [0.717, 1.165) is 31.6 Å². The molecule has 2 heterocycles. The lowest BCUT2D eigenvalue weighted by atomic mass is 10.1. The average molecular weight is 359 g/mol. The molecule has 0 saturated carbocycles. The maximum Gasteiger partial charge on any atom is 0.255 e. The summed E-state index contributed by atoms with van der Waals surface area (Å²) < 4.78 is 1.98. The van der Waals surface area contributed by atoms with E-state index >= 15 is 0 Å². The number of carbonyl (C=O) groups is 2. The van der Waals surface area contributed by atoms with Gasteiger partial charge in [0.05, 0.1) is 0 Å². The topological polar surface area (TPSA) is 54.3 Å². The number of amides is 2. The maximum absolute atomic E-state index is 12.5. The second-order valence-corrected chi connectivity index (χ2v) is 6.67. The zero-order chi connectivity index (χ0) is 18.6. The molecular formula is C22H21N3O2. The highest BCUT2D eigenvalue weighted by Crippen LogP contribution is 2.17. The number of nitrogens with zero attached hydrogens (tertiary/aromatic N) is 2. The zero-order valence-corrected chi connectivity index (χ0v) is 15.0. The summed E-state index contributed by atoms with van der Waals surface area (Å²) in [4.78, 5) is 26.9. The Labute approximate surface area is 158 Å². The lowest BCUT2D eigenvalue weighted by Crippen LogP contribution is -2.27. The van der Waals surface area contributed by atoms with Crippen LogP contribution >= 0.6 is 0 Å². The van der Waals surface area contributed by atoms with E-state index in [2.05, 4.69) is 5.32 Å². The summed E-state index contributed by atoms with van der Waals surface area (Å²) >= 11 is 0. The number of rotatable bonds is 4. The number of carbonyl (C=O) groups excluding carboxylic acids is 2. The van der Waals surface area contributed by atoms with Crippen LogP contribution in [0.15, 0.2) is 73.1 Å². The normalized spacial score (nSPS) is 13.6. The molecule has 4 rings (SSSR count). The van der Waals surface area contributed by atoms with Gasteiger partial charge in [-0.25, -0.2) is 0 Å². The largest absolute Gasteiger partial charge is 0.339 e. The lowest BCUT2D eigenvalue weighted by Gasteiger charge is -2.15. The molecule has 1 N–H and O–H groups in total. The van der Waals surface area contributed by atoms with Crippen molar-refractivity contribution in [3.63, 3.8) is 0 Å². The molecule has 3 aromatic rings. The Morgan fingerprint density at radius 1 is 0.815 bits per heavy atom. The van der Waals surface area contributed by atoms with E-state index < -0.39 is 0 Å². The molecular weight excluding hydrogens is 338 g/mol. The molecule has 136 valence electrons. The molecule has 1 aromatic heterocycles. The van der Waals surface area contributed by atoms with Crippen LogP contribution in [0.1, 0.15) is 33.6 Å². The summed E-state index contributed by atoms with van der Waals surface area (Å²) in [6.07, 6.45) is 6.03. The standard InChI is InChI=1S/C22H21N3O2/c26-21(17-8-10-20(11-9-17)24-12-1-2-13-24)23-19-7-5-6-18(16-19)22(27)25-14-3-4-15-25/h1-2,5-13,16H,3-4,14-15H2,(H,23,26). The van der Waals surface area contributed by atoms with E-state index in [1.54, 1.807) is 36.4 Å². The van der Waals surface area contributed by atoms with Crippen molar-refractivity contribution in [1.82, 2.24) is 9.47 Å². The van der Waals surface area contributed by atoms with Crippen molar-refractivity contribution in [2.24, 2.45) is 0 Å². The zero-order valence-electron chi connectivity index (χ0n) is 15.0. The van der Waals surface area contributed by atoms with E-state index in [1.807, 2.05) is 46.1 Å². The molecule has 5 heteroatoms. The highest BCUT2D eigenvalue weighted by molar-refractivity contribution is 6.05. The molecule has 0 atom stereocenters. The molecule has 1 aliphatic rings. The predicted molar refractivity (Wildman–Crippen MR) is 105 cm³/mol. The maximum atomic E-state index is 12.5. The lowest BCUT2D eigenvalue weighted by molar-refractivity contribution is 0.0792. The van der Waals surface area contributed by atoms with Gasteiger partial charge in [0, 0.05) is 48.0 Å². The van der Waals surface area contributed by atoms with Crippen molar-refractivity contribution in [2.75, 3.05) is 18.4 Å². The number of hydrogen-bond acceptors (Lipinski definition) is 2. The first-order valence-electron chi connectivity index (χ1n) is 9.15. The summed E-state index contributed by atoms with van der Waals surface area (Å²) in [5.41, 5.74) is 2.80. The number of aromatic nitrogens is 1. The third kappa shape index (κ3) is 3.77. The van der Waals surface area contributed by atoms with Crippen molar-refractivity contribution in [3.8, 4) is 5.69 Å². The van der Waals surface area contributed by atoms with Gasteiger partial charge in [0.2, 0.25) is 0 Å². The van der Waals surface area contributed by atoms with Gasteiger partial charge in [-0.05, 0) is 67.4 Å². The summed E-state index contributed by atoms with van der Waals surface area (Å²) in [5.74, 6) is -0.167. The van der Waals surface area contributed by atoms with Crippen molar-refractivity contribution in [2.45, 2.75) is 12.8 Å². The van der Waals surface area contributed by atoms with Crippen molar-refractivity contribution in [1.29, 1.82) is 0 Å². The summed E-state index contributed by atoms with van der Waals surface area (Å²) in [6.45, 7) is 1.62. The van der Waals surface area contributed by atoms with E-state index in [4.69, 9.17) is 0 Å². The minimum Gasteiger partial charge on any atom is -0.339 e. The molecule has 2 amide bonds. The smallest absolute Gasteiger partial charge is 0.255 e. The van der Waals surface area contributed by atoms with Crippen LogP contribution < -0.4 is 5.32 Å². The van der Waals surface area contributed by atoms with Crippen molar-refractivity contribution < 1.29 is 9.59 Å². The monoisotopic (exact) mass is 359 g/mol. The van der Waals surface area contributed by atoms with Crippen LogP contribution in [0.4, 0.5) is 5.69 Å². The third-order valence-electron chi connectivity index (χ3n) is 4.79. The number of benzene rings is 2. The van der Waals surface area contributed by atoms with Crippen LogP contribution in [0.25, 0.3) is 5.69 Å². The number of nitrogens with one attached hydrogen (secondary N) is 1. The van der Waals surface area contributed by atoms with Crippen LogP contribution in [-0.4, -0.2) is 34.4 Å². The van der Waals surface area contributed by atoms with E-state index in [-0.39, 0.29) is 11.8 Å². The Bertz CT molecular complexity index is 940. The molecule has 5 nitrogen and oxygen atoms in total. The van der Waals surface area contributed by atoms with Crippen LogP contribution in [-0.2, 0) is 0 Å². The summed E-state index contributed by atoms with van der Waals surface area (Å²) in [7, 11) is 0. The first kappa shape index (κ1) is 17.1. The van der Waals surface area contributed by atoms with Gasteiger partial charge in [-0.2, -0.15) is 0 Å². The molecule has 0 spiro atoms. The molecule has 0 unspecified atom stereocenters. The number of anilines is 1. The number of hydrogen-bond donors (Lipinski definition) is 1. The minimum atomic E-state index is -0.195. The van der Waals surface area contributed by atoms with Gasteiger partial charge in [0.15, 0.2) is 0 Å². The Morgan fingerprint density at radius 3 is 2.22 bits per heavy atom. The first-order valence-corrected chi connectivity index (χ1v) is 9.15. The van der Waals surface area contributed by atoms with Crippen LogP contribution in [0.2, 0.25) is 0 Å². The van der Waals surface area contributed by atoms with Gasteiger partial charge in [0.1, 0.15) is 0 Å². The SMILES string of the molecule is O=C(Nc1cccc(C(=O)N2CCCC2)c1)c1ccc(-n2cccc2)cc1. The molecule has 1 fully saturated rings. The van der Waals surface area contributed by atoms with E-state index in [1.165, 1.54) is 0 Å². The molecule has 2 aromatic carbocycles. The van der Waals surface area contributed by atoms with Crippen LogP contribution in [0, 0.1) is 0 Å². The average Bonchev–Trinajstić information content (AvgIpc) is 3.42. The van der Waals surface area contributed by atoms with Gasteiger partial charge in [-0.15, -0.1) is 0 Å². The summed E-state index contributed by atoms with van der Waals surface area (Å²) in [5, 5.41) is 2.88. The highest BCUT2D eigenvalue weighted by atomic mass is 16.2. The van der Waals surface area contributed by atoms with E-state index in [0.29, 0.717) is 16.8 Å². The molecule has 1 saturated heterocycles. The van der Waals surface area contributed by atoms with Gasteiger partial charge in [0.25, 0.3) is 11.8 Å². The van der Waals surface area contributed by atoms with E-state index in [9.17, 15) is 9.59 Å². The highest BCUT2D eigenvalue weighted by Gasteiger charge is 2.19. The van der Waals surface area contributed by atoms with Gasteiger partial charge >= 0.3 is 0 Å². The quantitative estimate of drug-likeness (QED) is 0.766. The van der Waals surface area contributed by atoms with Crippen molar-refractivity contribution in [3.05, 3.63) is 84.2 Å². The fourth-order valence-corrected chi connectivity index (χ4v) is 3.33. The molecule has 0 radical (unpaired) electrons. The minimum absolute atomic E-state index is 0.0275. The Kier molecular flexibility index (Phi) is 4.75. The fraction of sp³-hybridized carbons (Fsp3) is 0.182. The Balaban J connectivity index is 1.46. The van der Waals surface area contributed by atoms with Gasteiger partial charge in [-0.1, -0.05) is 6.07 Å². The van der Waals surface area contributed by atoms with Crippen molar-refractivity contribution >= 4 is 17.5 Å². The van der Waals surface area contributed by atoms with Gasteiger partial charge < -0.3 is 14.8 Å². The second-order valence-electron chi connectivity index (χ2n) is 6.67. The fourth-order valence-electron chi connectivity index (χ4n) is 3.33. The molecule has 27 heavy (non-hydrogen) atoms. The molecule has 0 bridgehead atoms. The van der Waals surface area contributed by atoms with Crippen LogP contribution in [0.5, 0.6) is 0 Å². The Morgan fingerprint density at radius 2 is 1.52 bits per heavy atom. The van der Waals surface area contributed by atoms with Gasteiger partial charge in [-0.3, -0.25) is 9.59 Å². The number of likely N-dealkylation sites (tertiary alicyclic amines) is 1. The first-order chi connectivity index (χ1) is 13.2. The van der Waals surface area contributed by atoms with Crippen LogP contribution in [0.3, 0.4) is 0 Å².